The highest BCUT2D eigenvalue weighted by molar-refractivity contribution is 5.33. The second-order valence-electron chi connectivity index (χ2n) is 12.7. The average molecular weight is 429 g/mol. The molecule has 1 N–H and O–H groups in total. The zero-order valence-corrected chi connectivity index (χ0v) is 20.6. The summed E-state index contributed by atoms with van der Waals surface area (Å²) in [5.41, 5.74) is -0.366. The number of hydrogen-bond acceptors (Lipinski definition) is 3. The Balaban J connectivity index is 1.45. The number of fused-ring (bicyclic) bond motifs is 2. The van der Waals surface area contributed by atoms with Gasteiger partial charge in [-0.3, -0.25) is 0 Å². The van der Waals surface area contributed by atoms with Gasteiger partial charge in [0.25, 0.3) is 0 Å². The Bertz CT molecular complexity index is 772. The van der Waals surface area contributed by atoms with Crippen LogP contribution in [0.2, 0.25) is 0 Å². The monoisotopic (exact) mass is 428 g/mol. The molecule has 1 saturated heterocycles. The highest BCUT2D eigenvalue weighted by Crippen LogP contribution is 2.72. The zero-order chi connectivity index (χ0) is 22.2. The molecular weight excluding hydrogens is 384 g/mol. The van der Waals surface area contributed by atoms with E-state index in [1.165, 1.54) is 25.7 Å². The van der Waals surface area contributed by atoms with Gasteiger partial charge in [0.2, 0.25) is 0 Å². The summed E-state index contributed by atoms with van der Waals surface area (Å²) in [4.78, 5) is 12.8. The first-order valence-corrected chi connectivity index (χ1v) is 13.0. The second kappa shape index (κ2) is 7.18. The normalized spacial score (nSPS) is 52.8. The van der Waals surface area contributed by atoms with Crippen molar-refractivity contribution in [3.05, 3.63) is 24.3 Å². The summed E-state index contributed by atoms with van der Waals surface area (Å²) in [7, 11) is 0. The summed E-state index contributed by atoms with van der Waals surface area (Å²) < 4.78 is 0. The predicted molar refractivity (Wildman–Crippen MR) is 124 cm³/mol. The van der Waals surface area contributed by atoms with Crippen molar-refractivity contribution in [2.75, 3.05) is 0 Å². The molecule has 2 spiro atoms. The molecule has 0 amide bonds. The van der Waals surface area contributed by atoms with Gasteiger partial charge in [-0.15, -0.1) is 0 Å². The standard InChI is InChI=1S/C28H44O3/c1-18(2)19(3)7-8-20(4)22-9-10-23-25(22,5)13-12-24-26(6)14-11-21(29)17-27(26)15-16-28(23,24)31-30-27/h7-8,15-16,18-24,29H,9-14,17H2,1-6H3/b8-7+/t19?,20?,21-,22+,23+,24+,25+,26+,27+,28-/m0/s1. The van der Waals surface area contributed by atoms with Gasteiger partial charge in [0.05, 0.1) is 6.10 Å². The third-order valence-electron chi connectivity index (χ3n) is 11.1. The summed E-state index contributed by atoms with van der Waals surface area (Å²) in [6.07, 6.45) is 17.0. The van der Waals surface area contributed by atoms with E-state index < -0.39 is 5.60 Å². The Kier molecular flexibility index (Phi) is 5.13. The summed E-state index contributed by atoms with van der Waals surface area (Å²) in [5, 5.41) is 10.4. The lowest BCUT2D eigenvalue weighted by atomic mass is 9.43. The first-order valence-electron chi connectivity index (χ1n) is 13.0. The number of allylic oxidation sites excluding steroid dienone is 2. The van der Waals surface area contributed by atoms with Crippen molar-refractivity contribution in [1.29, 1.82) is 0 Å². The molecule has 0 aromatic heterocycles. The van der Waals surface area contributed by atoms with Crippen LogP contribution in [0.15, 0.2) is 24.3 Å². The lowest BCUT2D eigenvalue weighted by Crippen LogP contribution is -2.73. The van der Waals surface area contributed by atoms with Crippen molar-refractivity contribution >= 4 is 0 Å². The lowest BCUT2D eigenvalue weighted by Gasteiger charge is -2.69. The van der Waals surface area contributed by atoms with E-state index in [0.29, 0.717) is 41.9 Å². The van der Waals surface area contributed by atoms with Crippen molar-refractivity contribution in [3.63, 3.8) is 0 Å². The van der Waals surface area contributed by atoms with Crippen LogP contribution >= 0.6 is 0 Å². The summed E-state index contributed by atoms with van der Waals surface area (Å²) in [6.45, 7) is 14.4. The van der Waals surface area contributed by atoms with Crippen LogP contribution in [0.4, 0.5) is 0 Å². The van der Waals surface area contributed by atoms with Crippen LogP contribution in [0.25, 0.3) is 0 Å². The summed E-state index contributed by atoms with van der Waals surface area (Å²) in [5.74, 6) is 3.64. The van der Waals surface area contributed by atoms with Gasteiger partial charge >= 0.3 is 0 Å². The van der Waals surface area contributed by atoms with Crippen molar-refractivity contribution in [1.82, 2.24) is 0 Å². The fraction of sp³-hybridized carbons (Fsp3) is 0.857. The third-order valence-corrected chi connectivity index (χ3v) is 11.1. The van der Waals surface area contributed by atoms with Crippen LogP contribution in [-0.4, -0.2) is 22.4 Å². The third kappa shape index (κ3) is 2.88. The number of aliphatic hydroxyl groups is 1. The summed E-state index contributed by atoms with van der Waals surface area (Å²) >= 11 is 0. The molecule has 2 aliphatic heterocycles. The van der Waals surface area contributed by atoms with E-state index in [0.717, 1.165) is 12.8 Å². The fourth-order valence-corrected chi connectivity index (χ4v) is 8.71. The molecule has 174 valence electrons. The topological polar surface area (TPSA) is 38.7 Å². The first kappa shape index (κ1) is 22.2. The van der Waals surface area contributed by atoms with Gasteiger partial charge in [0.15, 0.2) is 0 Å². The largest absolute Gasteiger partial charge is 0.393 e. The van der Waals surface area contributed by atoms with E-state index in [9.17, 15) is 5.11 Å². The lowest BCUT2D eigenvalue weighted by molar-refractivity contribution is -0.497. The van der Waals surface area contributed by atoms with Crippen molar-refractivity contribution in [3.8, 4) is 0 Å². The van der Waals surface area contributed by atoms with Gasteiger partial charge in [0, 0.05) is 23.7 Å². The highest BCUT2D eigenvalue weighted by atomic mass is 17.2. The van der Waals surface area contributed by atoms with E-state index in [1.807, 2.05) is 0 Å². The molecule has 4 aliphatic carbocycles. The van der Waals surface area contributed by atoms with Crippen molar-refractivity contribution in [2.24, 2.45) is 46.3 Å². The molecule has 2 heterocycles. The van der Waals surface area contributed by atoms with Crippen LogP contribution in [0.3, 0.4) is 0 Å². The zero-order valence-electron chi connectivity index (χ0n) is 20.6. The predicted octanol–water partition coefficient (Wildman–Crippen LogP) is 6.47. The molecule has 0 radical (unpaired) electrons. The Morgan fingerprint density at radius 1 is 0.903 bits per heavy atom. The molecule has 10 atom stereocenters. The maximum Gasteiger partial charge on any atom is 0.130 e. The fourth-order valence-electron chi connectivity index (χ4n) is 8.71. The molecule has 0 aromatic carbocycles. The van der Waals surface area contributed by atoms with E-state index in [1.54, 1.807) is 0 Å². The van der Waals surface area contributed by atoms with Gasteiger partial charge in [0.1, 0.15) is 11.2 Å². The Hall–Kier alpha value is -0.640. The molecule has 4 fully saturated rings. The quantitative estimate of drug-likeness (QED) is 0.412. The molecule has 31 heavy (non-hydrogen) atoms. The van der Waals surface area contributed by atoms with E-state index in [2.05, 4.69) is 65.8 Å². The maximum absolute atomic E-state index is 10.4. The van der Waals surface area contributed by atoms with E-state index >= 15 is 0 Å². The first-order chi connectivity index (χ1) is 14.6. The van der Waals surface area contributed by atoms with Crippen molar-refractivity contribution in [2.45, 2.75) is 104 Å². The van der Waals surface area contributed by atoms with Gasteiger partial charge < -0.3 is 5.11 Å². The van der Waals surface area contributed by atoms with Gasteiger partial charge in [-0.25, -0.2) is 9.78 Å². The van der Waals surface area contributed by atoms with Gasteiger partial charge in [-0.05, 0) is 73.7 Å². The van der Waals surface area contributed by atoms with Crippen LogP contribution in [0, 0.1) is 46.3 Å². The van der Waals surface area contributed by atoms with Crippen LogP contribution in [0.5, 0.6) is 0 Å². The SMILES string of the molecule is CC(C)C(C)/C=C/C(C)[C@H]1CC[C@@H]2[C@]1(C)CC[C@H]1[C@]23C=C[C@]2(C[C@@H](O)CC[C@]12C)OO3. The summed E-state index contributed by atoms with van der Waals surface area (Å²) in [6, 6.07) is 0. The van der Waals surface area contributed by atoms with Crippen LogP contribution in [-0.2, 0) is 9.78 Å². The Labute approximate surface area is 189 Å². The smallest absolute Gasteiger partial charge is 0.130 e. The van der Waals surface area contributed by atoms with Gasteiger partial charge in [-0.1, -0.05) is 59.8 Å². The van der Waals surface area contributed by atoms with E-state index in [4.69, 9.17) is 9.78 Å². The minimum atomic E-state index is -0.439. The minimum Gasteiger partial charge on any atom is -0.393 e. The van der Waals surface area contributed by atoms with Crippen LogP contribution in [0.1, 0.15) is 86.5 Å². The molecule has 3 heteroatoms. The molecule has 2 unspecified atom stereocenters. The maximum atomic E-state index is 10.4. The molecule has 0 aromatic rings. The molecule has 6 aliphatic rings. The molecular formula is C28H44O3. The molecule has 6 rings (SSSR count). The molecule has 2 bridgehead atoms. The Morgan fingerprint density at radius 2 is 1.68 bits per heavy atom. The average Bonchev–Trinajstić information content (AvgIpc) is 3.09. The number of hydrogen-bond donors (Lipinski definition) is 1. The molecule has 3 nitrogen and oxygen atoms in total. The van der Waals surface area contributed by atoms with E-state index in [-0.39, 0.29) is 22.5 Å². The molecule has 3 saturated carbocycles. The minimum absolute atomic E-state index is 0.0663. The highest BCUT2D eigenvalue weighted by Gasteiger charge is 2.74. The van der Waals surface area contributed by atoms with Gasteiger partial charge in [-0.2, -0.15) is 0 Å². The van der Waals surface area contributed by atoms with Crippen molar-refractivity contribution < 1.29 is 14.9 Å². The number of rotatable bonds is 4. The number of aliphatic hydroxyl groups excluding tert-OH is 1. The second-order valence-corrected chi connectivity index (χ2v) is 12.7. The Morgan fingerprint density at radius 3 is 2.35 bits per heavy atom. The van der Waals surface area contributed by atoms with Crippen LogP contribution < -0.4 is 0 Å².